The third-order valence-corrected chi connectivity index (χ3v) is 4.67. The molecule has 1 rings (SSSR count). The summed E-state index contributed by atoms with van der Waals surface area (Å²) in [6, 6.07) is 0. The summed E-state index contributed by atoms with van der Waals surface area (Å²) >= 11 is 0.187. The highest BCUT2D eigenvalue weighted by atomic mass is 32.1. The van der Waals surface area contributed by atoms with Gasteiger partial charge in [-0.1, -0.05) is 0 Å². The number of thiophene rings is 1. The Kier molecular flexibility index (Phi) is 7.74. The molecule has 1 aromatic heterocycles. The van der Waals surface area contributed by atoms with Crippen LogP contribution in [0.2, 0.25) is 0 Å². The maximum absolute atomic E-state index is 13.7. The second kappa shape index (κ2) is 9.01. The van der Waals surface area contributed by atoms with Crippen molar-refractivity contribution in [3.8, 4) is 0 Å². The standard InChI is InChI=1S/C17H18F7NO5S/c1-6(2)29-12(26)9-8(5)10(13(27)30-7(3)4)31-11(9)25-14(28)15(18,19)16(20,21)17(22,23)24/h6-7H,1-5H3,(H,25,28). The fourth-order valence-corrected chi connectivity index (χ4v) is 3.16. The molecule has 0 aliphatic carbocycles. The zero-order chi connectivity index (χ0) is 24.5. The number of halogens is 7. The Bertz CT molecular complexity index is 862. The molecule has 176 valence electrons. The molecule has 0 bridgehead atoms. The fourth-order valence-electron chi connectivity index (χ4n) is 2.08. The average molecular weight is 481 g/mol. The number of carbonyl (C=O) groups excluding carboxylic acids is 3. The van der Waals surface area contributed by atoms with Crippen LogP contribution in [0.25, 0.3) is 0 Å². The van der Waals surface area contributed by atoms with E-state index in [2.05, 4.69) is 0 Å². The van der Waals surface area contributed by atoms with Crippen molar-refractivity contribution in [2.45, 2.75) is 64.8 Å². The highest BCUT2D eigenvalue weighted by molar-refractivity contribution is 7.18. The second-order valence-corrected chi connectivity index (χ2v) is 7.79. The van der Waals surface area contributed by atoms with Gasteiger partial charge in [-0.25, -0.2) is 9.59 Å². The van der Waals surface area contributed by atoms with Crippen LogP contribution in [0.5, 0.6) is 0 Å². The molecule has 0 radical (unpaired) electrons. The zero-order valence-electron chi connectivity index (χ0n) is 16.7. The first kappa shape index (κ1) is 26.7. The number of nitrogens with one attached hydrogen (secondary N) is 1. The Morgan fingerprint density at radius 2 is 1.32 bits per heavy atom. The first-order chi connectivity index (χ1) is 13.8. The number of rotatable bonds is 7. The molecule has 0 aliphatic heterocycles. The molecule has 0 atom stereocenters. The van der Waals surface area contributed by atoms with Gasteiger partial charge in [0, 0.05) is 0 Å². The van der Waals surface area contributed by atoms with Crippen LogP contribution in [-0.4, -0.2) is 48.1 Å². The molecular formula is C17H18F7NO5S. The Labute approximate surface area is 175 Å². The van der Waals surface area contributed by atoms with Crippen molar-refractivity contribution in [3.63, 3.8) is 0 Å². The van der Waals surface area contributed by atoms with Gasteiger partial charge in [0.15, 0.2) is 0 Å². The molecule has 1 heterocycles. The van der Waals surface area contributed by atoms with Crippen LogP contribution < -0.4 is 5.32 Å². The molecule has 0 aromatic carbocycles. The molecule has 1 amide bonds. The minimum Gasteiger partial charge on any atom is -0.459 e. The predicted molar refractivity (Wildman–Crippen MR) is 94.7 cm³/mol. The lowest BCUT2D eigenvalue weighted by atomic mass is 10.1. The van der Waals surface area contributed by atoms with Crippen LogP contribution in [0.1, 0.15) is 53.3 Å². The number of carbonyl (C=O) groups is 3. The van der Waals surface area contributed by atoms with E-state index < -0.39 is 58.6 Å². The monoisotopic (exact) mass is 481 g/mol. The summed E-state index contributed by atoms with van der Waals surface area (Å²) in [6.45, 7) is 6.91. The lowest BCUT2D eigenvalue weighted by molar-refractivity contribution is -0.343. The highest BCUT2D eigenvalue weighted by Crippen LogP contribution is 2.47. The van der Waals surface area contributed by atoms with Crippen LogP contribution >= 0.6 is 11.3 Å². The summed E-state index contributed by atoms with van der Waals surface area (Å²) in [6.07, 6.45) is -8.13. The van der Waals surface area contributed by atoms with Crippen LogP contribution in [0.4, 0.5) is 35.7 Å². The van der Waals surface area contributed by atoms with E-state index in [0.717, 1.165) is 6.92 Å². The number of alkyl halides is 7. The van der Waals surface area contributed by atoms with Crippen LogP contribution in [0.15, 0.2) is 0 Å². The van der Waals surface area contributed by atoms with Gasteiger partial charge >= 0.3 is 35.9 Å². The maximum Gasteiger partial charge on any atom is 0.460 e. The van der Waals surface area contributed by atoms with Gasteiger partial charge in [-0.3, -0.25) is 4.79 Å². The third-order valence-electron chi connectivity index (χ3n) is 3.48. The molecule has 14 heteroatoms. The SMILES string of the molecule is Cc1c(C(=O)OC(C)C)sc(NC(=O)C(F)(F)C(F)(F)C(F)(F)F)c1C(=O)OC(C)C. The van der Waals surface area contributed by atoms with Gasteiger partial charge in [-0.15, -0.1) is 11.3 Å². The molecule has 6 nitrogen and oxygen atoms in total. The second-order valence-electron chi connectivity index (χ2n) is 6.77. The first-order valence-corrected chi connectivity index (χ1v) is 9.35. The van der Waals surface area contributed by atoms with Crippen molar-refractivity contribution in [1.82, 2.24) is 0 Å². The Morgan fingerprint density at radius 3 is 1.74 bits per heavy atom. The molecule has 0 spiro atoms. The molecule has 0 saturated heterocycles. The van der Waals surface area contributed by atoms with E-state index in [1.165, 1.54) is 33.0 Å². The lowest BCUT2D eigenvalue weighted by Crippen LogP contribution is -2.57. The lowest BCUT2D eigenvalue weighted by Gasteiger charge is -2.26. The van der Waals surface area contributed by atoms with Crippen molar-refractivity contribution in [1.29, 1.82) is 0 Å². The van der Waals surface area contributed by atoms with Crippen LogP contribution in [0, 0.1) is 6.92 Å². The van der Waals surface area contributed by atoms with Gasteiger partial charge in [0.25, 0.3) is 0 Å². The molecule has 0 saturated carbocycles. The van der Waals surface area contributed by atoms with Crippen molar-refractivity contribution in [2.75, 3.05) is 5.32 Å². The van der Waals surface area contributed by atoms with Crippen molar-refractivity contribution >= 4 is 34.2 Å². The molecule has 31 heavy (non-hydrogen) atoms. The zero-order valence-corrected chi connectivity index (χ0v) is 17.6. The van der Waals surface area contributed by atoms with E-state index in [4.69, 9.17) is 9.47 Å². The number of anilines is 1. The molecule has 1 N–H and O–H groups in total. The van der Waals surface area contributed by atoms with E-state index in [1.54, 1.807) is 0 Å². The number of ether oxygens (including phenoxy) is 2. The van der Waals surface area contributed by atoms with E-state index in [0.29, 0.717) is 0 Å². The molecule has 1 aromatic rings. The highest BCUT2D eigenvalue weighted by Gasteiger charge is 2.76. The largest absolute Gasteiger partial charge is 0.460 e. The number of amides is 1. The molecule has 0 unspecified atom stereocenters. The predicted octanol–water partition coefficient (Wildman–Crippen LogP) is 4.96. The van der Waals surface area contributed by atoms with E-state index in [9.17, 15) is 45.1 Å². The summed E-state index contributed by atoms with van der Waals surface area (Å²) in [4.78, 5) is 35.8. The van der Waals surface area contributed by atoms with Gasteiger partial charge < -0.3 is 14.8 Å². The van der Waals surface area contributed by atoms with Gasteiger partial charge in [0.2, 0.25) is 0 Å². The molecule has 0 fully saturated rings. The van der Waals surface area contributed by atoms with Crippen LogP contribution in [-0.2, 0) is 14.3 Å². The van der Waals surface area contributed by atoms with Gasteiger partial charge in [-0.2, -0.15) is 30.7 Å². The summed E-state index contributed by atoms with van der Waals surface area (Å²) in [7, 11) is 0. The van der Waals surface area contributed by atoms with E-state index >= 15 is 0 Å². The third kappa shape index (κ3) is 5.46. The summed E-state index contributed by atoms with van der Waals surface area (Å²) in [5.41, 5.74) is -0.864. The molecule has 0 aliphatic rings. The summed E-state index contributed by atoms with van der Waals surface area (Å²) in [5, 5.41) is 0.320. The quantitative estimate of drug-likeness (QED) is 0.440. The number of hydrogen-bond acceptors (Lipinski definition) is 6. The van der Waals surface area contributed by atoms with Crippen molar-refractivity contribution in [3.05, 3.63) is 16.0 Å². The first-order valence-electron chi connectivity index (χ1n) is 8.53. The average Bonchev–Trinajstić information content (AvgIpc) is 2.88. The smallest absolute Gasteiger partial charge is 0.459 e. The molecular weight excluding hydrogens is 463 g/mol. The van der Waals surface area contributed by atoms with Gasteiger partial charge in [-0.05, 0) is 40.2 Å². The Hall–Kier alpha value is -2.38. The number of hydrogen-bond donors (Lipinski definition) is 1. The Balaban J connectivity index is 3.48. The normalized spacial score (nSPS) is 12.8. The van der Waals surface area contributed by atoms with Crippen molar-refractivity contribution < 1.29 is 54.6 Å². The van der Waals surface area contributed by atoms with Crippen LogP contribution in [0.3, 0.4) is 0 Å². The summed E-state index contributed by atoms with van der Waals surface area (Å²) < 4.78 is 100. The van der Waals surface area contributed by atoms with Gasteiger partial charge in [0.05, 0.1) is 17.8 Å². The fraction of sp³-hybridized carbons (Fsp3) is 0.588. The minimum absolute atomic E-state index is 0.187. The van der Waals surface area contributed by atoms with Gasteiger partial charge in [0.1, 0.15) is 9.88 Å². The topological polar surface area (TPSA) is 81.7 Å². The van der Waals surface area contributed by atoms with E-state index in [-0.39, 0.29) is 21.8 Å². The maximum atomic E-state index is 13.7. The minimum atomic E-state index is -6.73. The van der Waals surface area contributed by atoms with Crippen molar-refractivity contribution in [2.24, 2.45) is 0 Å². The number of esters is 2. The van der Waals surface area contributed by atoms with E-state index in [1.807, 2.05) is 0 Å². The summed E-state index contributed by atoms with van der Waals surface area (Å²) in [5.74, 6) is -18.2. The Morgan fingerprint density at radius 1 is 0.871 bits per heavy atom.